The summed E-state index contributed by atoms with van der Waals surface area (Å²) in [6.07, 6.45) is 5.31. The zero-order valence-electron chi connectivity index (χ0n) is 12.1. The van der Waals surface area contributed by atoms with E-state index in [-0.39, 0.29) is 11.9 Å². The van der Waals surface area contributed by atoms with E-state index in [1.165, 1.54) is 22.2 Å². The summed E-state index contributed by atoms with van der Waals surface area (Å²) in [4.78, 5) is 7.82. The van der Waals surface area contributed by atoms with E-state index in [9.17, 15) is 5.11 Å². The number of aromatic nitrogens is 3. The number of thiazole rings is 1. The Morgan fingerprint density at radius 3 is 3.05 bits per heavy atom. The van der Waals surface area contributed by atoms with E-state index in [1.54, 1.807) is 6.26 Å². The molecule has 3 aromatic rings. The molecule has 1 unspecified atom stereocenters. The Labute approximate surface area is 126 Å². The van der Waals surface area contributed by atoms with Gasteiger partial charge < -0.3 is 9.52 Å². The molecule has 0 aliphatic carbocycles. The topological polar surface area (TPSA) is 66.8 Å². The Balaban J connectivity index is 2.02. The van der Waals surface area contributed by atoms with Gasteiger partial charge in [-0.05, 0) is 32.1 Å². The lowest BCUT2D eigenvalue weighted by Gasteiger charge is -2.25. The lowest BCUT2D eigenvalue weighted by atomic mass is 10.1. The van der Waals surface area contributed by atoms with Crippen LogP contribution in [0.3, 0.4) is 0 Å². The van der Waals surface area contributed by atoms with Gasteiger partial charge in [0.25, 0.3) is 0 Å². The third kappa shape index (κ3) is 2.54. The van der Waals surface area contributed by atoms with Gasteiger partial charge in [-0.3, -0.25) is 4.90 Å². The van der Waals surface area contributed by atoms with Crippen LogP contribution in [0.4, 0.5) is 0 Å². The molecule has 6 nitrogen and oxygen atoms in total. The first-order valence-corrected chi connectivity index (χ1v) is 7.79. The quantitative estimate of drug-likeness (QED) is 0.758. The van der Waals surface area contributed by atoms with Crippen molar-refractivity contribution in [3.63, 3.8) is 0 Å². The summed E-state index contributed by atoms with van der Waals surface area (Å²) in [5, 5.41) is 14.5. The lowest BCUT2D eigenvalue weighted by Crippen LogP contribution is -2.25. The van der Waals surface area contributed by atoms with Crippen molar-refractivity contribution in [2.24, 2.45) is 0 Å². The predicted molar refractivity (Wildman–Crippen MR) is 80.6 cm³/mol. The molecule has 0 spiro atoms. The van der Waals surface area contributed by atoms with Gasteiger partial charge in [0.15, 0.2) is 0 Å². The standard InChI is InChI=1S/C14H18N4O2S/c1-3-4-7-17(2)11(10-6-5-8-20-10)12-13(19)18-14(21-12)15-9-16-18/h5-6,8-9,11,19H,3-4,7H2,1-2H3. The molecule has 0 saturated carbocycles. The number of fused-ring (bicyclic) bond motifs is 1. The van der Waals surface area contributed by atoms with Crippen LogP contribution in [-0.4, -0.2) is 38.2 Å². The Bertz CT molecular complexity index is 704. The van der Waals surface area contributed by atoms with E-state index in [4.69, 9.17) is 4.42 Å². The molecule has 0 aromatic carbocycles. The van der Waals surface area contributed by atoms with Crippen LogP contribution in [0, 0.1) is 0 Å². The van der Waals surface area contributed by atoms with Crippen LogP contribution in [0.1, 0.15) is 36.4 Å². The fraction of sp³-hybridized carbons (Fsp3) is 0.429. The molecule has 3 heterocycles. The van der Waals surface area contributed by atoms with Crippen molar-refractivity contribution in [1.82, 2.24) is 19.5 Å². The minimum absolute atomic E-state index is 0.125. The first-order valence-electron chi connectivity index (χ1n) is 6.97. The average molecular weight is 306 g/mol. The highest BCUT2D eigenvalue weighted by atomic mass is 32.1. The summed E-state index contributed by atoms with van der Waals surface area (Å²) in [5.74, 6) is 0.950. The van der Waals surface area contributed by atoms with Crippen molar-refractivity contribution in [2.45, 2.75) is 25.8 Å². The third-order valence-electron chi connectivity index (χ3n) is 3.50. The smallest absolute Gasteiger partial charge is 0.230 e. The second-order valence-corrected chi connectivity index (χ2v) is 6.01. The summed E-state index contributed by atoms with van der Waals surface area (Å²) in [7, 11) is 2.04. The Kier molecular flexibility index (Phi) is 3.94. The fourth-order valence-corrected chi connectivity index (χ4v) is 3.50. The maximum absolute atomic E-state index is 10.4. The van der Waals surface area contributed by atoms with Crippen LogP contribution in [0.5, 0.6) is 5.88 Å². The van der Waals surface area contributed by atoms with E-state index in [0.29, 0.717) is 4.96 Å². The van der Waals surface area contributed by atoms with Gasteiger partial charge in [-0.1, -0.05) is 24.7 Å². The summed E-state index contributed by atoms with van der Waals surface area (Å²) in [5.41, 5.74) is 0. The van der Waals surface area contributed by atoms with Gasteiger partial charge in [-0.2, -0.15) is 9.61 Å². The molecule has 3 rings (SSSR count). The normalized spacial score (nSPS) is 13.3. The molecule has 0 amide bonds. The van der Waals surface area contributed by atoms with Crippen LogP contribution in [0.2, 0.25) is 0 Å². The molecule has 1 atom stereocenters. The maximum atomic E-state index is 10.4. The van der Waals surface area contributed by atoms with Crippen molar-refractivity contribution >= 4 is 16.3 Å². The van der Waals surface area contributed by atoms with Gasteiger partial charge in [0.05, 0.1) is 11.1 Å². The Morgan fingerprint density at radius 2 is 2.38 bits per heavy atom. The van der Waals surface area contributed by atoms with E-state index in [0.717, 1.165) is 30.0 Å². The highest BCUT2D eigenvalue weighted by Gasteiger charge is 2.28. The first-order chi connectivity index (χ1) is 10.2. The molecule has 21 heavy (non-hydrogen) atoms. The number of nitrogens with zero attached hydrogens (tertiary/aromatic N) is 4. The molecular formula is C14H18N4O2S. The molecule has 3 aromatic heterocycles. The number of rotatable bonds is 6. The number of hydrogen-bond acceptors (Lipinski definition) is 6. The van der Waals surface area contributed by atoms with Gasteiger partial charge >= 0.3 is 0 Å². The number of furan rings is 1. The summed E-state index contributed by atoms with van der Waals surface area (Å²) in [6.45, 7) is 3.09. The SMILES string of the molecule is CCCCN(C)C(c1ccco1)c1sc2ncnn2c1O. The minimum atomic E-state index is -0.125. The van der Waals surface area contributed by atoms with Gasteiger partial charge in [-0.15, -0.1) is 0 Å². The molecule has 0 radical (unpaired) electrons. The third-order valence-corrected chi connectivity index (χ3v) is 4.59. The number of hydrogen-bond donors (Lipinski definition) is 1. The van der Waals surface area contributed by atoms with Crippen LogP contribution in [0.25, 0.3) is 4.96 Å². The molecule has 1 N–H and O–H groups in total. The Hall–Kier alpha value is -1.86. The monoisotopic (exact) mass is 306 g/mol. The van der Waals surface area contributed by atoms with Gasteiger partial charge in [0.1, 0.15) is 18.1 Å². The predicted octanol–water partition coefficient (Wildman–Crippen LogP) is 2.91. The van der Waals surface area contributed by atoms with Crippen molar-refractivity contribution < 1.29 is 9.52 Å². The number of unbranched alkanes of at least 4 members (excludes halogenated alkanes) is 1. The van der Waals surface area contributed by atoms with E-state index >= 15 is 0 Å². The van der Waals surface area contributed by atoms with E-state index in [2.05, 4.69) is 21.9 Å². The lowest BCUT2D eigenvalue weighted by molar-refractivity contribution is 0.242. The van der Waals surface area contributed by atoms with Crippen LogP contribution < -0.4 is 0 Å². The average Bonchev–Trinajstić information content (AvgIpc) is 3.18. The van der Waals surface area contributed by atoms with Crippen LogP contribution >= 0.6 is 11.3 Å². The molecule has 0 saturated heterocycles. The zero-order chi connectivity index (χ0) is 14.8. The summed E-state index contributed by atoms with van der Waals surface area (Å²) >= 11 is 1.44. The van der Waals surface area contributed by atoms with Crippen LogP contribution in [0.15, 0.2) is 29.1 Å². The largest absolute Gasteiger partial charge is 0.492 e. The van der Waals surface area contributed by atoms with Crippen molar-refractivity contribution in [3.8, 4) is 5.88 Å². The second kappa shape index (κ2) is 5.87. The molecule has 112 valence electrons. The minimum Gasteiger partial charge on any atom is -0.492 e. The molecule has 0 aliphatic rings. The van der Waals surface area contributed by atoms with Crippen LogP contribution in [-0.2, 0) is 0 Å². The summed E-state index contributed by atoms with van der Waals surface area (Å²) in [6, 6.07) is 3.67. The van der Waals surface area contributed by atoms with Crippen molar-refractivity contribution in [2.75, 3.05) is 13.6 Å². The molecule has 7 heteroatoms. The van der Waals surface area contributed by atoms with Crippen molar-refractivity contribution in [3.05, 3.63) is 35.4 Å². The zero-order valence-corrected chi connectivity index (χ0v) is 12.9. The number of aromatic hydroxyl groups is 1. The highest BCUT2D eigenvalue weighted by Crippen LogP contribution is 2.39. The molecule has 0 fully saturated rings. The Morgan fingerprint density at radius 1 is 1.52 bits per heavy atom. The molecular weight excluding hydrogens is 288 g/mol. The molecule has 0 aliphatic heterocycles. The summed E-state index contributed by atoms with van der Waals surface area (Å²) < 4.78 is 7.04. The second-order valence-electron chi connectivity index (χ2n) is 5.00. The fourth-order valence-electron chi connectivity index (χ4n) is 2.40. The van der Waals surface area contributed by atoms with Gasteiger partial charge in [0.2, 0.25) is 10.8 Å². The maximum Gasteiger partial charge on any atom is 0.230 e. The first kappa shape index (κ1) is 14.1. The van der Waals surface area contributed by atoms with Gasteiger partial charge in [-0.25, -0.2) is 4.98 Å². The van der Waals surface area contributed by atoms with Crippen molar-refractivity contribution in [1.29, 1.82) is 0 Å². The van der Waals surface area contributed by atoms with E-state index in [1.807, 2.05) is 19.2 Å². The van der Waals surface area contributed by atoms with Gasteiger partial charge in [0, 0.05) is 0 Å². The van der Waals surface area contributed by atoms with E-state index < -0.39 is 0 Å². The highest BCUT2D eigenvalue weighted by molar-refractivity contribution is 7.17. The molecule has 0 bridgehead atoms.